The van der Waals surface area contributed by atoms with Crippen LogP contribution in [0.4, 0.5) is 0 Å². The van der Waals surface area contributed by atoms with Gasteiger partial charge in [-0.05, 0) is 50.4 Å². The first kappa shape index (κ1) is 18.5. The molecule has 5 nitrogen and oxygen atoms in total. The van der Waals surface area contributed by atoms with Gasteiger partial charge in [0.05, 0.1) is 5.54 Å². The van der Waals surface area contributed by atoms with Crippen LogP contribution in [0.1, 0.15) is 43.6 Å². The second kappa shape index (κ2) is 8.39. The molecule has 0 spiro atoms. The summed E-state index contributed by atoms with van der Waals surface area (Å²) in [7, 11) is 0. The van der Waals surface area contributed by atoms with E-state index in [0.29, 0.717) is 5.69 Å². The Kier molecular flexibility index (Phi) is 6.20. The topological polar surface area (TPSA) is 48.5 Å². The average molecular weight is 345 g/mol. The zero-order valence-corrected chi connectivity index (χ0v) is 15.7. The molecule has 0 radical (unpaired) electrons. The highest BCUT2D eigenvalue weighted by molar-refractivity contribution is 6.02. The number of pyridine rings is 1. The van der Waals surface area contributed by atoms with E-state index in [1.54, 1.807) is 6.20 Å². The number of rotatable bonds is 6. The lowest BCUT2D eigenvalue weighted by molar-refractivity contribution is 0.0170. The van der Waals surface area contributed by atoms with Gasteiger partial charge in [0, 0.05) is 38.9 Å². The van der Waals surface area contributed by atoms with Gasteiger partial charge in [0.2, 0.25) is 5.78 Å². The second-order valence-corrected chi connectivity index (χ2v) is 7.87. The number of nitrogens with zero attached hydrogens (tertiary/aromatic N) is 3. The Balaban J connectivity index is 1.70. The third-order valence-electron chi connectivity index (χ3n) is 5.68. The number of hydrogen-bond acceptors (Lipinski definition) is 5. The van der Waals surface area contributed by atoms with E-state index < -0.39 is 5.54 Å². The number of carbonyl (C=O) groups is 1. The Labute approximate surface area is 151 Å². The second-order valence-electron chi connectivity index (χ2n) is 7.87. The van der Waals surface area contributed by atoms with Gasteiger partial charge < -0.3 is 10.2 Å². The Morgan fingerprint density at radius 2 is 2.08 bits per heavy atom. The Hall–Kier alpha value is -1.30. The van der Waals surface area contributed by atoms with Gasteiger partial charge in [0.15, 0.2) is 0 Å². The molecule has 2 aliphatic rings. The minimum Gasteiger partial charge on any atom is -0.314 e. The van der Waals surface area contributed by atoms with Crippen LogP contribution in [0.15, 0.2) is 24.4 Å². The molecule has 0 bridgehead atoms. The highest BCUT2D eigenvalue weighted by atomic mass is 16.1. The van der Waals surface area contributed by atoms with Gasteiger partial charge in [-0.1, -0.05) is 19.9 Å². The van der Waals surface area contributed by atoms with Crippen molar-refractivity contribution < 1.29 is 4.79 Å². The normalized spacial score (nSPS) is 26.0. The number of piperidine rings is 1. The molecule has 1 N–H and O–H groups in total. The SMILES string of the molecule is CC(C)CCN1CCN(C2(C(=O)c3ccccn3)CCCNC2)CC1. The van der Waals surface area contributed by atoms with Gasteiger partial charge in [-0.3, -0.25) is 14.7 Å². The van der Waals surface area contributed by atoms with E-state index in [1.807, 2.05) is 18.2 Å². The van der Waals surface area contributed by atoms with E-state index >= 15 is 0 Å². The van der Waals surface area contributed by atoms with Gasteiger partial charge in [0.25, 0.3) is 0 Å². The van der Waals surface area contributed by atoms with Crippen LogP contribution in [-0.2, 0) is 0 Å². The minimum absolute atomic E-state index is 0.191. The van der Waals surface area contributed by atoms with E-state index in [2.05, 4.69) is 33.9 Å². The molecule has 1 atom stereocenters. The van der Waals surface area contributed by atoms with Crippen molar-refractivity contribution in [2.45, 2.75) is 38.6 Å². The molecule has 1 unspecified atom stereocenters. The molecule has 0 aliphatic carbocycles. The lowest BCUT2D eigenvalue weighted by Gasteiger charge is -2.48. The van der Waals surface area contributed by atoms with E-state index in [9.17, 15) is 4.79 Å². The van der Waals surface area contributed by atoms with Crippen LogP contribution in [0.2, 0.25) is 0 Å². The molecule has 2 saturated heterocycles. The minimum atomic E-state index is -0.420. The molecule has 5 heteroatoms. The lowest BCUT2D eigenvalue weighted by atomic mass is 9.82. The maximum Gasteiger partial charge on any atom is 0.202 e. The quantitative estimate of drug-likeness (QED) is 0.801. The number of nitrogens with one attached hydrogen (secondary N) is 1. The van der Waals surface area contributed by atoms with Gasteiger partial charge in [-0.25, -0.2) is 0 Å². The molecule has 1 aromatic heterocycles. The van der Waals surface area contributed by atoms with Crippen LogP contribution >= 0.6 is 0 Å². The first-order valence-corrected chi connectivity index (χ1v) is 9.76. The summed E-state index contributed by atoms with van der Waals surface area (Å²) in [4.78, 5) is 22.7. The number of piperazine rings is 1. The Morgan fingerprint density at radius 3 is 2.68 bits per heavy atom. The number of hydrogen-bond donors (Lipinski definition) is 1. The molecular weight excluding hydrogens is 312 g/mol. The van der Waals surface area contributed by atoms with Gasteiger partial charge in [-0.15, -0.1) is 0 Å². The Bertz CT molecular complexity index is 546. The molecule has 3 rings (SSSR count). The fraction of sp³-hybridized carbons (Fsp3) is 0.700. The summed E-state index contributed by atoms with van der Waals surface area (Å²) in [5.41, 5.74) is 0.185. The standard InChI is InChI=1S/C20H32N4O/c1-17(2)7-11-23-12-14-24(15-13-23)20(8-5-9-21-16-20)19(25)18-6-3-4-10-22-18/h3-4,6,10,17,21H,5,7-9,11-16H2,1-2H3. The van der Waals surface area contributed by atoms with Crippen molar-refractivity contribution in [3.63, 3.8) is 0 Å². The molecule has 0 aromatic carbocycles. The highest BCUT2D eigenvalue weighted by Gasteiger charge is 2.46. The van der Waals surface area contributed by atoms with Gasteiger partial charge in [0.1, 0.15) is 5.69 Å². The van der Waals surface area contributed by atoms with Crippen molar-refractivity contribution in [2.24, 2.45) is 5.92 Å². The zero-order chi connectivity index (χ0) is 17.7. The lowest BCUT2D eigenvalue weighted by Crippen LogP contribution is -2.66. The van der Waals surface area contributed by atoms with E-state index in [4.69, 9.17) is 0 Å². The number of ketones is 1. The largest absolute Gasteiger partial charge is 0.314 e. The maximum atomic E-state index is 13.4. The predicted molar refractivity (Wildman–Crippen MR) is 101 cm³/mol. The Morgan fingerprint density at radius 1 is 1.28 bits per heavy atom. The van der Waals surface area contributed by atoms with Crippen LogP contribution < -0.4 is 5.32 Å². The molecule has 2 aliphatic heterocycles. The van der Waals surface area contributed by atoms with Crippen LogP contribution in [0.5, 0.6) is 0 Å². The third-order valence-corrected chi connectivity index (χ3v) is 5.68. The summed E-state index contributed by atoms with van der Waals surface area (Å²) in [6.45, 7) is 11.5. The zero-order valence-electron chi connectivity index (χ0n) is 15.7. The predicted octanol–water partition coefficient (Wildman–Crippen LogP) is 2.05. The van der Waals surface area contributed by atoms with Crippen molar-refractivity contribution >= 4 is 5.78 Å². The van der Waals surface area contributed by atoms with E-state index in [-0.39, 0.29) is 5.78 Å². The number of Topliss-reactive ketones (excluding diaryl/α,β-unsaturated/α-hetero) is 1. The fourth-order valence-electron chi connectivity index (χ4n) is 4.07. The summed E-state index contributed by atoms with van der Waals surface area (Å²) in [5, 5.41) is 3.47. The number of carbonyl (C=O) groups excluding carboxylic acids is 1. The molecule has 1 aromatic rings. The summed E-state index contributed by atoms with van der Waals surface area (Å²) >= 11 is 0. The van der Waals surface area contributed by atoms with Gasteiger partial charge >= 0.3 is 0 Å². The molecule has 0 amide bonds. The van der Waals surface area contributed by atoms with E-state index in [1.165, 1.54) is 13.0 Å². The summed E-state index contributed by atoms with van der Waals surface area (Å²) in [6, 6.07) is 5.64. The first-order valence-electron chi connectivity index (χ1n) is 9.76. The fourth-order valence-corrected chi connectivity index (χ4v) is 4.07. The molecule has 25 heavy (non-hydrogen) atoms. The molecule has 0 saturated carbocycles. The number of aromatic nitrogens is 1. The first-order chi connectivity index (χ1) is 12.1. The van der Waals surface area contributed by atoms with E-state index in [0.717, 1.165) is 58.0 Å². The summed E-state index contributed by atoms with van der Waals surface area (Å²) in [6.07, 6.45) is 4.95. The van der Waals surface area contributed by atoms with Gasteiger partial charge in [-0.2, -0.15) is 0 Å². The van der Waals surface area contributed by atoms with Crippen molar-refractivity contribution in [1.29, 1.82) is 0 Å². The van der Waals surface area contributed by atoms with Crippen molar-refractivity contribution in [1.82, 2.24) is 20.1 Å². The summed E-state index contributed by atoms with van der Waals surface area (Å²) in [5.74, 6) is 0.938. The van der Waals surface area contributed by atoms with Crippen LogP contribution in [0.25, 0.3) is 0 Å². The van der Waals surface area contributed by atoms with Crippen LogP contribution in [0, 0.1) is 5.92 Å². The van der Waals surface area contributed by atoms with Crippen LogP contribution in [0.3, 0.4) is 0 Å². The molecule has 138 valence electrons. The maximum absolute atomic E-state index is 13.4. The molecular formula is C20H32N4O. The highest BCUT2D eigenvalue weighted by Crippen LogP contribution is 2.29. The summed E-state index contributed by atoms with van der Waals surface area (Å²) < 4.78 is 0. The van der Waals surface area contributed by atoms with Crippen molar-refractivity contribution in [2.75, 3.05) is 45.8 Å². The smallest absolute Gasteiger partial charge is 0.202 e. The molecule has 2 fully saturated rings. The van der Waals surface area contributed by atoms with Crippen molar-refractivity contribution in [3.05, 3.63) is 30.1 Å². The van der Waals surface area contributed by atoms with Crippen molar-refractivity contribution in [3.8, 4) is 0 Å². The molecule has 3 heterocycles. The average Bonchev–Trinajstić information content (AvgIpc) is 2.67. The van der Waals surface area contributed by atoms with Crippen LogP contribution in [-0.4, -0.2) is 71.9 Å². The monoisotopic (exact) mass is 344 g/mol. The third kappa shape index (κ3) is 4.27.